The van der Waals surface area contributed by atoms with Crippen molar-refractivity contribution in [1.82, 2.24) is 9.97 Å². The van der Waals surface area contributed by atoms with Gasteiger partial charge in [-0.1, -0.05) is 11.3 Å². The van der Waals surface area contributed by atoms with Crippen molar-refractivity contribution >= 4 is 16.5 Å². The maximum Gasteiger partial charge on any atom is 0.232 e. The molecule has 35 heavy (non-hydrogen) atoms. The van der Waals surface area contributed by atoms with Crippen molar-refractivity contribution in [2.24, 2.45) is 17.8 Å². The van der Waals surface area contributed by atoms with Crippen LogP contribution in [0.1, 0.15) is 44.1 Å². The minimum Gasteiger partial charge on any atom is -0.508 e. The molecule has 7 heteroatoms. The molecule has 6 nitrogen and oxygen atoms in total. The molecule has 1 saturated heterocycles. The molecule has 2 N–H and O–H groups in total. The van der Waals surface area contributed by atoms with Crippen molar-refractivity contribution in [2.45, 2.75) is 43.9 Å². The fourth-order valence-corrected chi connectivity index (χ4v) is 8.64. The van der Waals surface area contributed by atoms with Gasteiger partial charge in [-0.2, -0.15) is 4.98 Å². The molecule has 3 heterocycles. The average Bonchev–Trinajstić information content (AvgIpc) is 3.26. The van der Waals surface area contributed by atoms with Gasteiger partial charge in [0, 0.05) is 36.0 Å². The molecule has 4 bridgehead atoms. The fraction of sp³-hybridized carbons (Fsp3) is 0.500. The van der Waals surface area contributed by atoms with Crippen molar-refractivity contribution in [1.29, 1.82) is 0 Å². The largest absolute Gasteiger partial charge is 0.508 e. The van der Waals surface area contributed by atoms with E-state index in [-0.39, 0.29) is 11.3 Å². The summed E-state index contributed by atoms with van der Waals surface area (Å²) in [6.45, 7) is 2.95. The van der Waals surface area contributed by atoms with E-state index in [0.29, 0.717) is 19.0 Å². The second-order valence-corrected chi connectivity index (χ2v) is 12.1. The predicted molar refractivity (Wildman–Crippen MR) is 137 cm³/mol. The number of anilines is 1. The van der Waals surface area contributed by atoms with Crippen LogP contribution in [-0.2, 0) is 10.2 Å². The molecule has 1 aromatic carbocycles. The van der Waals surface area contributed by atoms with E-state index in [0.717, 1.165) is 63.2 Å². The van der Waals surface area contributed by atoms with Crippen LogP contribution in [0.2, 0.25) is 0 Å². The number of hydrogen-bond donors (Lipinski definition) is 2. The highest BCUT2D eigenvalue weighted by molar-refractivity contribution is 7.19. The van der Waals surface area contributed by atoms with Crippen LogP contribution >= 0.6 is 11.3 Å². The van der Waals surface area contributed by atoms with E-state index in [1.807, 2.05) is 30.5 Å². The number of aromatic hydroxyl groups is 2. The van der Waals surface area contributed by atoms with E-state index in [4.69, 9.17) is 9.72 Å². The number of nitrogens with zero attached hydrogens (tertiary/aromatic N) is 3. The van der Waals surface area contributed by atoms with Gasteiger partial charge in [0.25, 0.3) is 0 Å². The zero-order valence-electron chi connectivity index (χ0n) is 19.8. The molecule has 0 radical (unpaired) electrons. The normalized spacial score (nSPS) is 29.6. The Morgan fingerprint density at radius 2 is 1.60 bits per heavy atom. The molecular weight excluding hydrogens is 458 g/mol. The first kappa shape index (κ1) is 21.6. The third-order valence-electron chi connectivity index (χ3n) is 8.81. The number of ether oxygens (including phenoxy) is 1. The molecule has 0 unspecified atom stereocenters. The van der Waals surface area contributed by atoms with Crippen LogP contribution in [-0.4, -0.2) is 46.5 Å². The van der Waals surface area contributed by atoms with Gasteiger partial charge in [0.15, 0.2) is 5.13 Å². The van der Waals surface area contributed by atoms with Crippen molar-refractivity contribution in [3.8, 4) is 33.3 Å². The lowest BCUT2D eigenvalue weighted by Gasteiger charge is -2.57. The van der Waals surface area contributed by atoms with Crippen LogP contribution in [0.15, 0.2) is 36.5 Å². The number of morpholine rings is 1. The van der Waals surface area contributed by atoms with E-state index < -0.39 is 0 Å². The Morgan fingerprint density at radius 3 is 2.26 bits per heavy atom. The second kappa shape index (κ2) is 8.20. The van der Waals surface area contributed by atoms with Gasteiger partial charge in [-0.15, -0.1) is 0 Å². The van der Waals surface area contributed by atoms with E-state index in [2.05, 4.69) is 16.0 Å². The molecule has 182 valence electrons. The van der Waals surface area contributed by atoms with Crippen LogP contribution in [0.25, 0.3) is 21.7 Å². The summed E-state index contributed by atoms with van der Waals surface area (Å²) in [5.41, 5.74) is 4.07. The molecular formula is C28H31N3O3S. The monoisotopic (exact) mass is 489 g/mol. The molecule has 0 spiro atoms. The summed E-state index contributed by atoms with van der Waals surface area (Å²) < 4.78 is 5.43. The summed E-state index contributed by atoms with van der Waals surface area (Å²) in [4.78, 5) is 12.0. The SMILES string of the molecule is Oc1ccc(-c2ccc(-c3sc(N4CCOCC4)nc3O)cn2)cc1C12CC3CC(CC(C3)C1)C2. The number of pyridine rings is 1. The van der Waals surface area contributed by atoms with Gasteiger partial charge in [-0.3, -0.25) is 4.98 Å². The third kappa shape index (κ3) is 3.71. The van der Waals surface area contributed by atoms with Crippen LogP contribution < -0.4 is 4.90 Å². The van der Waals surface area contributed by atoms with E-state index >= 15 is 0 Å². The molecule has 4 aliphatic carbocycles. The molecule has 4 saturated carbocycles. The van der Waals surface area contributed by atoms with Gasteiger partial charge in [-0.05, 0) is 92.0 Å². The Bertz CT molecular complexity index is 1210. The first-order valence-corrected chi connectivity index (χ1v) is 13.7. The van der Waals surface area contributed by atoms with E-state index in [1.54, 1.807) is 0 Å². The molecule has 0 atom stereocenters. The lowest BCUT2D eigenvalue weighted by molar-refractivity contribution is -0.00611. The van der Waals surface area contributed by atoms with Crippen molar-refractivity contribution < 1.29 is 14.9 Å². The van der Waals surface area contributed by atoms with Gasteiger partial charge < -0.3 is 19.8 Å². The average molecular weight is 490 g/mol. The first-order chi connectivity index (χ1) is 17.1. The maximum absolute atomic E-state index is 10.9. The number of thiazole rings is 1. The highest BCUT2D eigenvalue weighted by Gasteiger charge is 2.52. The Labute approximate surface area is 209 Å². The molecule has 8 rings (SSSR count). The van der Waals surface area contributed by atoms with Crippen molar-refractivity contribution in [3.63, 3.8) is 0 Å². The zero-order chi connectivity index (χ0) is 23.6. The number of rotatable bonds is 4. The van der Waals surface area contributed by atoms with Gasteiger partial charge in [0.2, 0.25) is 5.88 Å². The number of phenols is 1. The van der Waals surface area contributed by atoms with Crippen LogP contribution in [0.3, 0.4) is 0 Å². The molecule has 3 aromatic rings. The minimum absolute atomic E-state index is 0.0553. The Balaban J connectivity index is 1.17. The van der Waals surface area contributed by atoms with Gasteiger partial charge in [-0.25, -0.2) is 0 Å². The Morgan fingerprint density at radius 1 is 0.914 bits per heavy atom. The first-order valence-electron chi connectivity index (χ1n) is 12.9. The number of aromatic nitrogens is 2. The van der Waals surface area contributed by atoms with Crippen molar-refractivity contribution in [3.05, 3.63) is 42.1 Å². The smallest absolute Gasteiger partial charge is 0.232 e. The topological polar surface area (TPSA) is 78.7 Å². The van der Waals surface area contributed by atoms with Crippen molar-refractivity contribution in [2.75, 3.05) is 31.2 Å². The maximum atomic E-state index is 10.9. The summed E-state index contributed by atoms with van der Waals surface area (Å²) >= 11 is 1.49. The lowest BCUT2D eigenvalue weighted by Crippen LogP contribution is -2.48. The fourth-order valence-electron chi connectivity index (χ4n) is 7.64. The Hall–Kier alpha value is -2.64. The molecule has 0 amide bonds. The summed E-state index contributed by atoms with van der Waals surface area (Å²) in [6, 6.07) is 10.1. The summed E-state index contributed by atoms with van der Waals surface area (Å²) in [5, 5.41) is 22.2. The standard InChI is InChI=1S/C28H31N3O3S/c32-24-4-2-20(12-22(24)28-13-17-9-18(14-28)11-19(10-17)15-28)23-3-1-21(16-29-23)25-26(33)30-27(35-25)31-5-7-34-8-6-31/h1-4,12,16-19,32-33H,5-11,13-15H2. The number of benzene rings is 1. The van der Waals surface area contributed by atoms with Gasteiger partial charge in [0.05, 0.1) is 18.9 Å². The van der Waals surface area contributed by atoms with Gasteiger partial charge >= 0.3 is 0 Å². The molecule has 2 aromatic heterocycles. The van der Waals surface area contributed by atoms with E-state index in [1.165, 1.54) is 49.9 Å². The van der Waals surface area contributed by atoms with E-state index in [9.17, 15) is 10.2 Å². The second-order valence-electron chi connectivity index (χ2n) is 11.1. The highest BCUT2D eigenvalue weighted by atomic mass is 32.1. The minimum atomic E-state index is 0.0553. The summed E-state index contributed by atoms with van der Waals surface area (Å²) in [6.07, 6.45) is 9.65. The molecule has 1 aliphatic heterocycles. The zero-order valence-corrected chi connectivity index (χ0v) is 20.6. The highest BCUT2D eigenvalue weighted by Crippen LogP contribution is 2.62. The summed E-state index contributed by atoms with van der Waals surface area (Å²) in [7, 11) is 0. The van der Waals surface area contributed by atoms with Gasteiger partial charge in [0.1, 0.15) is 10.6 Å². The molecule has 5 aliphatic rings. The quantitative estimate of drug-likeness (QED) is 0.498. The van der Waals surface area contributed by atoms with Crippen LogP contribution in [0.4, 0.5) is 5.13 Å². The number of phenolic OH excluding ortho intramolecular Hbond substituents is 1. The van der Waals surface area contributed by atoms with Crippen LogP contribution in [0, 0.1) is 17.8 Å². The summed E-state index contributed by atoms with van der Waals surface area (Å²) in [5.74, 6) is 2.99. The Kier molecular flexibility index (Phi) is 5.07. The molecule has 5 fully saturated rings. The third-order valence-corrected chi connectivity index (χ3v) is 9.96. The number of hydrogen-bond acceptors (Lipinski definition) is 7. The lowest BCUT2D eigenvalue weighted by atomic mass is 9.48. The van der Waals surface area contributed by atoms with Crippen LogP contribution in [0.5, 0.6) is 11.6 Å². The predicted octanol–water partition coefficient (Wildman–Crippen LogP) is 5.59.